The quantitative estimate of drug-likeness (QED) is 0.272. The minimum atomic E-state index is 0.489. The summed E-state index contributed by atoms with van der Waals surface area (Å²) in [5, 5.41) is 3.13. The molecule has 3 nitrogen and oxygen atoms in total. The lowest BCUT2D eigenvalue weighted by molar-refractivity contribution is 0.403. The van der Waals surface area contributed by atoms with Crippen molar-refractivity contribution >= 4 is 14.9 Å². The normalized spacial score (nSPS) is 20.1. The first-order valence-electron chi connectivity index (χ1n) is 10.7. The van der Waals surface area contributed by atoms with Crippen LogP contribution in [0.15, 0.2) is 4.99 Å². The second kappa shape index (κ2) is 15.0. The Bertz CT molecular complexity index is 303. The maximum Gasteiger partial charge on any atom is 0.0825 e. The van der Waals surface area contributed by atoms with Crippen LogP contribution in [0.1, 0.15) is 84.5 Å². The molecule has 0 atom stereocenters. The summed E-state index contributed by atoms with van der Waals surface area (Å²) in [6.45, 7) is 6.23. The minimum absolute atomic E-state index is 0.489. The third-order valence-corrected chi connectivity index (χ3v) is 7.17. The van der Waals surface area contributed by atoms with E-state index in [9.17, 15) is 0 Å². The van der Waals surface area contributed by atoms with Crippen molar-refractivity contribution in [2.45, 2.75) is 102 Å². The van der Waals surface area contributed by atoms with Crippen molar-refractivity contribution in [3.8, 4) is 0 Å². The van der Waals surface area contributed by atoms with Gasteiger partial charge in [0.25, 0.3) is 0 Å². The molecule has 2 aliphatic carbocycles. The molecule has 0 radical (unpaired) electrons. The molecule has 0 heterocycles. The summed E-state index contributed by atoms with van der Waals surface area (Å²) < 4.78 is 0. The molecule has 2 rings (SSSR count). The molecule has 0 bridgehead atoms. The maximum atomic E-state index is 4.22. The second-order valence-corrected chi connectivity index (χ2v) is 10.3. The molecule has 2 fully saturated rings. The fourth-order valence-corrected chi connectivity index (χ4v) is 5.77. The number of rotatable bonds is 8. The lowest BCUT2D eigenvalue weighted by Gasteiger charge is -2.28. The van der Waals surface area contributed by atoms with Crippen LogP contribution in [0, 0.1) is 0 Å². The molecule has 1 N–H and O–H groups in total. The zero-order valence-electron chi connectivity index (χ0n) is 17.4. The average Bonchev–Trinajstić information content (AvgIpc) is 2.60. The molecule has 25 heavy (non-hydrogen) atoms. The molecule has 0 aliphatic heterocycles. The molecule has 0 amide bonds. The van der Waals surface area contributed by atoms with Gasteiger partial charge in [-0.3, -0.25) is 4.99 Å². The summed E-state index contributed by atoms with van der Waals surface area (Å²) in [4.78, 5) is 6.39. The van der Waals surface area contributed by atoms with E-state index < -0.39 is 0 Å². The van der Waals surface area contributed by atoms with Crippen LogP contribution in [0.3, 0.4) is 0 Å². The van der Waals surface area contributed by atoms with Gasteiger partial charge in [-0.1, -0.05) is 38.5 Å². The summed E-state index contributed by atoms with van der Waals surface area (Å²) in [7, 11) is 5.49. The summed E-state index contributed by atoms with van der Waals surface area (Å²) in [6, 6.07) is 0.489. The highest BCUT2D eigenvalue weighted by molar-refractivity contribution is 7.39. The van der Waals surface area contributed by atoms with Crippen LogP contribution in [-0.2, 0) is 0 Å². The largest absolute Gasteiger partial charge is 0.374 e. The lowest BCUT2D eigenvalue weighted by atomic mass is 10.00. The fraction of sp³-hybridized carbons (Fsp3) is 0.952. The van der Waals surface area contributed by atoms with E-state index >= 15 is 0 Å². The highest BCUT2D eigenvalue weighted by Gasteiger charge is 2.20. The Labute approximate surface area is 159 Å². The van der Waals surface area contributed by atoms with E-state index in [0.29, 0.717) is 6.04 Å². The van der Waals surface area contributed by atoms with Gasteiger partial charge in [0.05, 0.1) is 6.34 Å². The van der Waals surface area contributed by atoms with Crippen molar-refractivity contribution in [1.82, 2.24) is 10.2 Å². The first kappa shape index (κ1) is 22.9. The topological polar surface area (TPSA) is 27.6 Å². The van der Waals surface area contributed by atoms with Gasteiger partial charge in [0.1, 0.15) is 0 Å². The van der Waals surface area contributed by atoms with Crippen LogP contribution in [0.25, 0.3) is 0 Å². The molecule has 0 saturated heterocycles. The summed E-state index contributed by atoms with van der Waals surface area (Å²) in [6.07, 6.45) is 18.4. The number of nitrogens with zero attached hydrogens (tertiary/aromatic N) is 2. The van der Waals surface area contributed by atoms with Crippen molar-refractivity contribution in [2.75, 3.05) is 27.2 Å². The molecule has 148 valence electrons. The summed E-state index contributed by atoms with van der Waals surface area (Å²) in [5.41, 5.74) is 2.30. The lowest BCUT2D eigenvalue weighted by Crippen LogP contribution is -2.20. The fourth-order valence-electron chi connectivity index (χ4n) is 3.62. The van der Waals surface area contributed by atoms with Gasteiger partial charge < -0.3 is 10.2 Å². The van der Waals surface area contributed by atoms with E-state index in [0.717, 1.165) is 30.8 Å². The molecular formula is C21H44N3P. The van der Waals surface area contributed by atoms with E-state index in [1.54, 1.807) is 32.0 Å². The molecule has 0 spiro atoms. The van der Waals surface area contributed by atoms with Gasteiger partial charge in [-0.05, 0) is 77.9 Å². The average molecular weight is 370 g/mol. The van der Waals surface area contributed by atoms with Gasteiger partial charge in [-0.15, -0.1) is 8.58 Å². The van der Waals surface area contributed by atoms with Crippen molar-refractivity contribution in [2.24, 2.45) is 4.99 Å². The molecule has 2 saturated carbocycles. The van der Waals surface area contributed by atoms with Crippen molar-refractivity contribution in [3.63, 3.8) is 0 Å². The number of hydrogen-bond donors (Lipinski definition) is 1. The Morgan fingerprint density at radius 2 is 1.48 bits per heavy atom. The Morgan fingerprint density at radius 3 is 1.92 bits per heavy atom. The van der Waals surface area contributed by atoms with Crippen LogP contribution < -0.4 is 5.32 Å². The van der Waals surface area contributed by atoms with Crippen molar-refractivity contribution < 1.29 is 0 Å². The van der Waals surface area contributed by atoms with Gasteiger partial charge in [-0.25, -0.2) is 0 Å². The Balaban J connectivity index is 0.000000252. The SMILES string of the molecule is C1CCC(PC2CCCCC2)CC1.CC(C)NC=NCCCN(C)C. The van der Waals surface area contributed by atoms with Crippen LogP contribution >= 0.6 is 8.58 Å². The molecule has 4 heteroatoms. The van der Waals surface area contributed by atoms with Gasteiger partial charge in [-0.2, -0.15) is 0 Å². The Morgan fingerprint density at radius 1 is 0.960 bits per heavy atom. The highest BCUT2D eigenvalue weighted by atomic mass is 31.1. The number of aliphatic imine (C=N–C) groups is 1. The monoisotopic (exact) mass is 369 g/mol. The molecule has 0 aromatic carbocycles. The maximum absolute atomic E-state index is 4.22. The number of nitrogens with one attached hydrogen (secondary N) is 1. The van der Waals surface area contributed by atoms with Crippen LogP contribution in [0.4, 0.5) is 0 Å². The Kier molecular flexibility index (Phi) is 13.7. The van der Waals surface area contributed by atoms with E-state index in [1.807, 2.05) is 0 Å². The van der Waals surface area contributed by atoms with Crippen LogP contribution in [-0.4, -0.2) is 55.8 Å². The molecule has 0 aromatic heterocycles. The van der Waals surface area contributed by atoms with Gasteiger partial charge in [0.2, 0.25) is 0 Å². The molecule has 0 aromatic rings. The summed E-state index contributed by atoms with van der Waals surface area (Å²) >= 11 is 0. The Hall–Kier alpha value is -0.140. The standard InChI is InChI=1S/C12H23P.C9H21N3/c1-3-7-11(8-4-1)13-12-9-5-2-6-10-12;1-9(2)11-8-10-6-5-7-12(3)4/h11-13H,1-10H2;8-9H,5-7H2,1-4H3,(H,10,11). The van der Waals surface area contributed by atoms with E-state index in [-0.39, 0.29) is 0 Å². The van der Waals surface area contributed by atoms with E-state index in [4.69, 9.17) is 0 Å². The van der Waals surface area contributed by atoms with E-state index in [1.165, 1.54) is 47.1 Å². The minimum Gasteiger partial charge on any atom is -0.374 e. The van der Waals surface area contributed by atoms with Gasteiger partial charge >= 0.3 is 0 Å². The highest BCUT2D eigenvalue weighted by Crippen LogP contribution is 2.41. The third kappa shape index (κ3) is 13.7. The first-order valence-corrected chi connectivity index (χ1v) is 11.9. The predicted molar refractivity (Wildman–Crippen MR) is 117 cm³/mol. The first-order chi connectivity index (χ1) is 12.1. The third-order valence-electron chi connectivity index (χ3n) is 5.07. The van der Waals surface area contributed by atoms with Crippen LogP contribution in [0.5, 0.6) is 0 Å². The van der Waals surface area contributed by atoms with E-state index in [2.05, 4.69) is 43.2 Å². The van der Waals surface area contributed by atoms with Gasteiger partial charge in [0, 0.05) is 12.6 Å². The predicted octanol–water partition coefficient (Wildman–Crippen LogP) is 5.29. The second-order valence-electron chi connectivity index (χ2n) is 8.35. The molecular weight excluding hydrogens is 325 g/mol. The molecule has 2 aliphatic rings. The van der Waals surface area contributed by atoms with Gasteiger partial charge in [0.15, 0.2) is 0 Å². The zero-order chi connectivity index (χ0) is 18.3. The zero-order valence-corrected chi connectivity index (χ0v) is 18.4. The molecule has 0 unspecified atom stereocenters. The number of hydrogen-bond acceptors (Lipinski definition) is 2. The van der Waals surface area contributed by atoms with Crippen molar-refractivity contribution in [3.05, 3.63) is 0 Å². The summed E-state index contributed by atoms with van der Waals surface area (Å²) in [5.74, 6) is 0. The van der Waals surface area contributed by atoms with Crippen LogP contribution in [0.2, 0.25) is 0 Å². The van der Waals surface area contributed by atoms with Crippen molar-refractivity contribution in [1.29, 1.82) is 0 Å². The smallest absolute Gasteiger partial charge is 0.0825 e.